The smallest absolute Gasteiger partial charge is 0.0658 e. The van der Waals surface area contributed by atoms with Crippen LogP contribution in [0.5, 0.6) is 0 Å². The van der Waals surface area contributed by atoms with Gasteiger partial charge in [-0.05, 0) is 38.3 Å². The molecule has 0 saturated carbocycles. The molecule has 2 aliphatic rings. The van der Waals surface area contributed by atoms with Crippen molar-refractivity contribution in [3.05, 3.63) is 17.5 Å². The van der Waals surface area contributed by atoms with Crippen molar-refractivity contribution in [1.29, 1.82) is 0 Å². The zero-order chi connectivity index (χ0) is 10.8. The summed E-state index contributed by atoms with van der Waals surface area (Å²) in [5.74, 6) is 0.597. The molecule has 2 aliphatic heterocycles. The van der Waals surface area contributed by atoms with Gasteiger partial charge in [0.15, 0.2) is 0 Å². The summed E-state index contributed by atoms with van der Waals surface area (Å²) in [6.07, 6.45) is 4.73. The summed E-state index contributed by atoms with van der Waals surface area (Å²) < 4.78 is 5.38. The maximum absolute atomic E-state index is 5.38. The third-order valence-corrected chi connectivity index (χ3v) is 3.69. The number of rotatable bonds is 2. The summed E-state index contributed by atoms with van der Waals surface area (Å²) in [5.41, 5.74) is 2.49. The lowest BCUT2D eigenvalue weighted by molar-refractivity contribution is 0.0845. The first-order valence-corrected chi connectivity index (χ1v) is 6.30. The Hall–Kier alpha value is -0.870. The molecule has 1 aromatic heterocycles. The first-order chi connectivity index (χ1) is 7.93. The van der Waals surface area contributed by atoms with Crippen molar-refractivity contribution in [2.24, 2.45) is 0 Å². The SMILES string of the molecule is c1c(C2CCOCC2)n[nH]c1C1CCCN1. The Morgan fingerprint density at radius 1 is 1.25 bits per heavy atom. The zero-order valence-corrected chi connectivity index (χ0v) is 9.54. The fourth-order valence-electron chi connectivity index (χ4n) is 2.68. The molecule has 88 valence electrons. The number of hydrogen-bond acceptors (Lipinski definition) is 3. The first kappa shape index (κ1) is 10.3. The second kappa shape index (κ2) is 4.55. The Labute approximate surface area is 95.8 Å². The molecule has 1 unspecified atom stereocenters. The van der Waals surface area contributed by atoms with Crippen LogP contribution >= 0.6 is 0 Å². The Morgan fingerprint density at radius 3 is 2.88 bits per heavy atom. The van der Waals surface area contributed by atoms with Crippen LogP contribution in [0.3, 0.4) is 0 Å². The minimum Gasteiger partial charge on any atom is -0.381 e. The minimum atomic E-state index is 0.501. The molecule has 16 heavy (non-hydrogen) atoms. The van der Waals surface area contributed by atoms with E-state index in [2.05, 4.69) is 21.6 Å². The van der Waals surface area contributed by atoms with Crippen LogP contribution in [0.25, 0.3) is 0 Å². The third kappa shape index (κ3) is 1.99. The normalized spacial score (nSPS) is 27.4. The molecule has 0 aromatic carbocycles. The topological polar surface area (TPSA) is 49.9 Å². The molecule has 0 aliphatic carbocycles. The fraction of sp³-hybridized carbons (Fsp3) is 0.750. The van der Waals surface area contributed by atoms with E-state index in [1.54, 1.807) is 0 Å². The highest BCUT2D eigenvalue weighted by Crippen LogP contribution is 2.28. The summed E-state index contributed by atoms with van der Waals surface area (Å²) in [6.45, 7) is 2.90. The van der Waals surface area contributed by atoms with E-state index in [9.17, 15) is 0 Å². The lowest BCUT2D eigenvalue weighted by atomic mass is 9.96. The molecular formula is C12H19N3O. The molecule has 2 fully saturated rings. The van der Waals surface area contributed by atoms with Gasteiger partial charge in [-0.2, -0.15) is 5.10 Å². The molecule has 0 amide bonds. The number of aromatic amines is 1. The van der Waals surface area contributed by atoms with Gasteiger partial charge in [-0.15, -0.1) is 0 Å². The van der Waals surface area contributed by atoms with Crippen molar-refractivity contribution in [2.75, 3.05) is 19.8 Å². The van der Waals surface area contributed by atoms with Gasteiger partial charge in [0.2, 0.25) is 0 Å². The van der Waals surface area contributed by atoms with Crippen LogP contribution in [0.1, 0.15) is 49.0 Å². The van der Waals surface area contributed by atoms with Crippen LogP contribution in [-0.4, -0.2) is 30.0 Å². The van der Waals surface area contributed by atoms with Gasteiger partial charge >= 0.3 is 0 Å². The molecule has 4 nitrogen and oxygen atoms in total. The summed E-state index contributed by atoms with van der Waals surface area (Å²) >= 11 is 0. The molecule has 0 bridgehead atoms. The van der Waals surface area contributed by atoms with E-state index in [1.165, 1.54) is 24.2 Å². The van der Waals surface area contributed by atoms with Gasteiger partial charge in [0.1, 0.15) is 0 Å². The van der Waals surface area contributed by atoms with E-state index in [4.69, 9.17) is 4.74 Å². The maximum atomic E-state index is 5.38. The Bertz CT molecular complexity index is 338. The molecule has 0 radical (unpaired) electrons. The number of aromatic nitrogens is 2. The van der Waals surface area contributed by atoms with E-state index < -0.39 is 0 Å². The summed E-state index contributed by atoms with van der Waals surface area (Å²) in [6, 6.07) is 2.75. The minimum absolute atomic E-state index is 0.501. The molecule has 1 aromatic rings. The molecular weight excluding hydrogens is 202 g/mol. The van der Waals surface area contributed by atoms with E-state index in [1.807, 2.05) is 0 Å². The largest absolute Gasteiger partial charge is 0.381 e. The number of hydrogen-bond donors (Lipinski definition) is 2. The van der Waals surface area contributed by atoms with Crippen molar-refractivity contribution in [2.45, 2.75) is 37.6 Å². The van der Waals surface area contributed by atoms with Crippen molar-refractivity contribution >= 4 is 0 Å². The highest BCUT2D eigenvalue weighted by molar-refractivity contribution is 5.17. The lowest BCUT2D eigenvalue weighted by Crippen LogP contribution is -2.14. The Balaban J connectivity index is 1.71. The Morgan fingerprint density at radius 2 is 2.12 bits per heavy atom. The number of ether oxygens (including phenoxy) is 1. The number of H-pyrrole nitrogens is 1. The summed E-state index contributed by atoms with van der Waals surface area (Å²) in [7, 11) is 0. The highest BCUT2D eigenvalue weighted by atomic mass is 16.5. The molecule has 1 atom stereocenters. The van der Waals surface area contributed by atoms with Crippen molar-refractivity contribution in [3.63, 3.8) is 0 Å². The van der Waals surface area contributed by atoms with Gasteiger partial charge in [0.25, 0.3) is 0 Å². The quantitative estimate of drug-likeness (QED) is 0.799. The van der Waals surface area contributed by atoms with Crippen LogP contribution < -0.4 is 5.32 Å². The van der Waals surface area contributed by atoms with Crippen LogP contribution in [0.4, 0.5) is 0 Å². The summed E-state index contributed by atoms with van der Waals surface area (Å²) in [5, 5.41) is 11.1. The van der Waals surface area contributed by atoms with E-state index in [-0.39, 0.29) is 0 Å². The van der Waals surface area contributed by atoms with Gasteiger partial charge in [-0.1, -0.05) is 0 Å². The van der Waals surface area contributed by atoms with E-state index in [0.29, 0.717) is 12.0 Å². The maximum Gasteiger partial charge on any atom is 0.0658 e. The zero-order valence-electron chi connectivity index (χ0n) is 9.54. The van der Waals surface area contributed by atoms with Crippen molar-refractivity contribution in [1.82, 2.24) is 15.5 Å². The molecule has 0 spiro atoms. The van der Waals surface area contributed by atoms with Gasteiger partial charge in [0.05, 0.1) is 11.4 Å². The van der Waals surface area contributed by atoms with Crippen LogP contribution in [0.15, 0.2) is 6.07 Å². The predicted octanol–water partition coefficient (Wildman–Crippen LogP) is 1.73. The number of nitrogens with zero attached hydrogens (tertiary/aromatic N) is 1. The molecule has 4 heteroatoms. The second-order valence-electron chi connectivity index (χ2n) is 4.78. The van der Waals surface area contributed by atoms with Crippen LogP contribution in [0.2, 0.25) is 0 Å². The van der Waals surface area contributed by atoms with Crippen LogP contribution in [-0.2, 0) is 4.74 Å². The lowest BCUT2D eigenvalue weighted by Gasteiger charge is -2.19. The van der Waals surface area contributed by atoms with Crippen LogP contribution in [0, 0.1) is 0 Å². The van der Waals surface area contributed by atoms with Gasteiger partial charge in [-0.25, -0.2) is 0 Å². The highest BCUT2D eigenvalue weighted by Gasteiger charge is 2.22. The van der Waals surface area contributed by atoms with Crippen molar-refractivity contribution in [3.8, 4) is 0 Å². The average molecular weight is 221 g/mol. The molecule has 3 heterocycles. The third-order valence-electron chi connectivity index (χ3n) is 3.69. The number of nitrogens with one attached hydrogen (secondary N) is 2. The van der Waals surface area contributed by atoms with Gasteiger partial charge in [0, 0.05) is 25.2 Å². The average Bonchev–Trinajstić information content (AvgIpc) is 3.01. The molecule has 2 saturated heterocycles. The van der Waals surface area contributed by atoms with E-state index >= 15 is 0 Å². The fourth-order valence-corrected chi connectivity index (χ4v) is 2.68. The monoisotopic (exact) mass is 221 g/mol. The second-order valence-corrected chi connectivity index (χ2v) is 4.78. The predicted molar refractivity (Wildman–Crippen MR) is 61.4 cm³/mol. The first-order valence-electron chi connectivity index (χ1n) is 6.30. The molecule has 2 N–H and O–H groups in total. The van der Waals surface area contributed by atoms with E-state index in [0.717, 1.165) is 32.6 Å². The van der Waals surface area contributed by atoms with Crippen molar-refractivity contribution < 1.29 is 4.74 Å². The Kier molecular flexibility index (Phi) is 2.93. The van der Waals surface area contributed by atoms with Gasteiger partial charge < -0.3 is 10.1 Å². The molecule has 3 rings (SSSR count). The standard InChI is InChI=1S/C12H19N3O/c1-2-10(13-5-1)12-8-11(14-15-12)9-3-6-16-7-4-9/h8-10,13H,1-7H2,(H,14,15). The summed E-state index contributed by atoms with van der Waals surface area (Å²) in [4.78, 5) is 0. The van der Waals surface area contributed by atoms with Gasteiger partial charge in [-0.3, -0.25) is 5.10 Å².